The highest BCUT2D eigenvalue weighted by molar-refractivity contribution is 7.15. The lowest BCUT2D eigenvalue weighted by molar-refractivity contribution is 0.164. The third-order valence-electron chi connectivity index (χ3n) is 3.81. The maximum atomic E-state index is 12.0. The molecular weight excluding hydrogens is 316 g/mol. The Morgan fingerprint density at radius 3 is 2.70 bits per heavy atom. The number of aryl methyl sites for hydroxylation is 1. The van der Waals surface area contributed by atoms with Crippen LogP contribution in [0.5, 0.6) is 5.75 Å². The molecule has 7 nitrogen and oxygen atoms in total. The Morgan fingerprint density at radius 1 is 1.39 bits per heavy atom. The number of carbonyl (C=O) groups is 1. The summed E-state index contributed by atoms with van der Waals surface area (Å²) < 4.78 is 5.76. The Hall–Kier alpha value is -2.03. The van der Waals surface area contributed by atoms with E-state index in [-0.39, 0.29) is 23.2 Å². The van der Waals surface area contributed by atoms with Crippen molar-refractivity contribution >= 4 is 22.5 Å². The lowest BCUT2D eigenvalue weighted by atomic mass is 10.2. The SMILES string of the molecule is Cc1ccc(OC(C)c2nnc([N+]3(C)CC(O)NC3=O)s2)cc1. The Bertz CT molecular complexity index is 718. The molecule has 0 spiro atoms. The number of likely N-dealkylation sites (N-methyl/N-ethyl adjacent to an activating group) is 1. The maximum absolute atomic E-state index is 12.0. The first-order valence-corrected chi connectivity index (χ1v) is 8.12. The molecule has 3 rings (SSSR count). The maximum Gasteiger partial charge on any atom is 0.425 e. The quantitative estimate of drug-likeness (QED) is 0.835. The van der Waals surface area contributed by atoms with E-state index in [1.807, 2.05) is 38.1 Å². The highest BCUT2D eigenvalue weighted by atomic mass is 32.1. The number of ether oxygens (including phenoxy) is 1. The zero-order valence-electron chi connectivity index (χ0n) is 13.2. The van der Waals surface area contributed by atoms with Crippen molar-refractivity contribution in [3.05, 3.63) is 34.8 Å². The second kappa shape index (κ2) is 5.88. The Balaban J connectivity index is 1.76. The fourth-order valence-corrected chi connectivity index (χ4v) is 3.31. The van der Waals surface area contributed by atoms with Crippen LogP contribution in [0.3, 0.4) is 0 Å². The van der Waals surface area contributed by atoms with E-state index in [1.165, 1.54) is 16.9 Å². The second-order valence-electron chi connectivity index (χ2n) is 5.84. The predicted molar refractivity (Wildman–Crippen MR) is 87.3 cm³/mol. The summed E-state index contributed by atoms with van der Waals surface area (Å²) in [5, 5.41) is 21.6. The first-order chi connectivity index (χ1) is 10.9. The molecule has 3 unspecified atom stereocenters. The van der Waals surface area contributed by atoms with Gasteiger partial charge in [-0.2, -0.15) is 4.48 Å². The zero-order valence-corrected chi connectivity index (χ0v) is 14.0. The number of nitrogens with zero attached hydrogens (tertiary/aromatic N) is 3. The number of nitrogens with one attached hydrogen (secondary N) is 1. The minimum atomic E-state index is -0.860. The third kappa shape index (κ3) is 3.05. The summed E-state index contributed by atoms with van der Waals surface area (Å²) in [4.78, 5) is 12.0. The van der Waals surface area contributed by atoms with Gasteiger partial charge in [-0.05, 0) is 37.3 Å². The van der Waals surface area contributed by atoms with Crippen molar-refractivity contribution in [3.63, 3.8) is 0 Å². The van der Waals surface area contributed by atoms with Crippen molar-refractivity contribution < 1.29 is 14.6 Å². The molecular formula is C15H19N4O3S+. The van der Waals surface area contributed by atoms with Gasteiger partial charge in [-0.15, -0.1) is 5.10 Å². The average Bonchev–Trinajstić information content (AvgIpc) is 3.08. The molecule has 122 valence electrons. The first-order valence-electron chi connectivity index (χ1n) is 7.30. The van der Waals surface area contributed by atoms with Crippen LogP contribution in [0.1, 0.15) is 23.6 Å². The third-order valence-corrected chi connectivity index (χ3v) is 5.10. The molecule has 0 radical (unpaired) electrons. The van der Waals surface area contributed by atoms with Crippen LogP contribution in [-0.2, 0) is 0 Å². The van der Waals surface area contributed by atoms with Crippen LogP contribution >= 0.6 is 11.3 Å². The van der Waals surface area contributed by atoms with Gasteiger partial charge >= 0.3 is 11.2 Å². The molecule has 1 saturated heterocycles. The summed E-state index contributed by atoms with van der Waals surface area (Å²) in [7, 11) is 1.71. The molecule has 1 aromatic heterocycles. The van der Waals surface area contributed by atoms with Gasteiger partial charge in [-0.1, -0.05) is 22.8 Å². The lowest BCUT2D eigenvalue weighted by Gasteiger charge is -2.19. The molecule has 2 N–H and O–H groups in total. The molecule has 1 aliphatic heterocycles. The summed E-state index contributed by atoms with van der Waals surface area (Å²) >= 11 is 1.32. The van der Waals surface area contributed by atoms with E-state index >= 15 is 0 Å². The van der Waals surface area contributed by atoms with Gasteiger partial charge < -0.3 is 9.84 Å². The highest BCUT2D eigenvalue weighted by Crippen LogP contribution is 2.32. The summed E-state index contributed by atoms with van der Waals surface area (Å²) in [5.41, 5.74) is 1.17. The highest BCUT2D eigenvalue weighted by Gasteiger charge is 2.47. The largest absolute Gasteiger partial charge is 0.483 e. The predicted octanol–water partition coefficient (Wildman–Crippen LogP) is 1.97. The first kappa shape index (κ1) is 15.9. The van der Waals surface area contributed by atoms with E-state index in [0.717, 1.165) is 5.75 Å². The molecule has 2 aromatic rings. The van der Waals surface area contributed by atoms with Crippen molar-refractivity contribution in [1.82, 2.24) is 20.0 Å². The van der Waals surface area contributed by atoms with Gasteiger partial charge in [0.15, 0.2) is 11.2 Å². The Kier molecular flexibility index (Phi) is 4.05. The standard InChI is InChI=1S/C15H18N4O3S/c1-9-4-6-11(7-5-9)22-10(2)13-17-18-15(23-13)19(3)8-12(20)16-14(19)21/h4-7,10,12,20H,8H2,1-3H3/p+1. The molecule has 2 heterocycles. The number of quaternary nitrogens is 1. The number of amides is 2. The molecule has 0 bridgehead atoms. The molecule has 23 heavy (non-hydrogen) atoms. The molecule has 2 amide bonds. The second-order valence-corrected chi connectivity index (χ2v) is 6.82. The van der Waals surface area contributed by atoms with Crippen molar-refractivity contribution in [2.45, 2.75) is 26.2 Å². The van der Waals surface area contributed by atoms with Crippen LogP contribution < -0.4 is 14.5 Å². The van der Waals surface area contributed by atoms with Crippen LogP contribution in [0.4, 0.5) is 9.93 Å². The van der Waals surface area contributed by atoms with Gasteiger partial charge in [0.25, 0.3) is 0 Å². The molecule has 3 atom stereocenters. The molecule has 1 aromatic carbocycles. The lowest BCUT2D eigenvalue weighted by Crippen LogP contribution is -2.47. The number of carbonyl (C=O) groups excluding carboxylic acids is 1. The number of hydrogen-bond donors (Lipinski definition) is 2. The summed E-state index contributed by atoms with van der Waals surface area (Å²) in [6, 6.07) is 7.50. The molecule has 0 aliphatic carbocycles. The van der Waals surface area contributed by atoms with Crippen molar-refractivity contribution in [3.8, 4) is 5.75 Å². The number of aromatic nitrogens is 2. The van der Waals surface area contributed by atoms with Gasteiger partial charge in [0.2, 0.25) is 0 Å². The number of benzene rings is 1. The van der Waals surface area contributed by atoms with Crippen molar-refractivity contribution in [2.75, 3.05) is 13.6 Å². The number of rotatable bonds is 4. The van der Waals surface area contributed by atoms with Crippen molar-refractivity contribution in [1.29, 1.82) is 0 Å². The summed E-state index contributed by atoms with van der Waals surface area (Å²) in [6.07, 6.45) is -1.13. The van der Waals surface area contributed by atoms with Gasteiger partial charge in [0, 0.05) is 0 Å². The van der Waals surface area contributed by atoms with Crippen LogP contribution in [0.15, 0.2) is 24.3 Å². The number of aliphatic hydroxyl groups excluding tert-OH is 1. The molecule has 1 aliphatic rings. The minimum absolute atomic E-state index is 0.101. The molecule has 1 fully saturated rings. The molecule has 8 heteroatoms. The van der Waals surface area contributed by atoms with E-state index in [2.05, 4.69) is 15.5 Å². The average molecular weight is 335 g/mol. The fraction of sp³-hybridized carbons (Fsp3) is 0.400. The summed E-state index contributed by atoms with van der Waals surface area (Å²) in [5.74, 6) is 0.759. The van der Waals surface area contributed by atoms with Gasteiger partial charge in [0.05, 0.1) is 7.05 Å². The van der Waals surface area contributed by atoms with E-state index in [0.29, 0.717) is 10.1 Å². The summed E-state index contributed by atoms with van der Waals surface area (Å²) in [6.45, 7) is 4.15. The van der Waals surface area contributed by atoms with Gasteiger partial charge in [0.1, 0.15) is 18.4 Å². The van der Waals surface area contributed by atoms with E-state index in [4.69, 9.17) is 4.74 Å². The Labute approximate surface area is 138 Å². The minimum Gasteiger partial charge on any atom is -0.483 e. The van der Waals surface area contributed by atoms with Crippen LogP contribution in [0.25, 0.3) is 0 Å². The number of urea groups is 1. The van der Waals surface area contributed by atoms with Gasteiger partial charge in [-0.25, -0.2) is 4.79 Å². The topological polar surface area (TPSA) is 84.3 Å². The number of aliphatic hydroxyl groups is 1. The fourth-order valence-electron chi connectivity index (χ4n) is 2.39. The number of hydrogen-bond acceptors (Lipinski definition) is 6. The van der Waals surface area contributed by atoms with E-state index < -0.39 is 6.23 Å². The van der Waals surface area contributed by atoms with E-state index in [9.17, 15) is 9.90 Å². The van der Waals surface area contributed by atoms with E-state index in [1.54, 1.807) is 7.05 Å². The Morgan fingerprint density at radius 2 is 2.09 bits per heavy atom. The van der Waals surface area contributed by atoms with Crippen LogP contribution in [0, 0.1) is 6.92 Å². The molecule has 0 saturated carbocycles. The van der Waals surface area contributed by atoms with Crippen LogP contribution in [0.2, 0.25) is 0 Å². The normalized spacial score (nSPS) is 25.2. The smallest absolute Gasteiger partial charge is 0.425 e. The zero-order chi connectivity index (χ0) is 16.6. The monoisotopic (exact) mass is 335 g/mol. The van der Waals surface area contributed by atoms with Gasteiger partial charge in [-0.3, -0.25) is 5.32 Å². The van der Waals surface area contributed by atoms with Crippen molar-refractivity contribution in [2.24, 2.45) is 0 Å². The van der Waals surface area contributed by atoms with Crippen LogP contribution in [-0.4, -0.2) is 41.2 Å².